The van der Waals surface area contributed by atoms with Crippen LogP contribution in [-0.2, 0) is 4.79 Å². The van der Waals surface area contributed by atoms with E-state index in [2.05, 4.69) is 5.32 Å². The van der Waals surface area contributed by atoms with Gasteiger partial charge in [-0.15, -0.1) is 0 Å². The molecular weight excluding hydrogens is 261 g/mol. The van der Waals surface area contributed by atoms with Crippen molar-refractivity contribution in [1.29, 1.82) is 0 Å². The Morgan fingerprint density at radius 2 is 1.95 bits per heavy atom. The third kappa shape index (κ3) is 4.03. The maximum Gasteiger partial charge on any atom is 0.248 e. The molecule has 0 heterocycles. The van der Waals surface area contributed by atoms with Crippen LogP contribution in [0.1, 0.15) is 36.2 Å². The number of hydrogen-bond donors (Lipinski definition) is 3. The molecule has 5 nitrogen and oxygen atoms in total. The molecule has 0 saturated heterocycles. The second kappa shape index (κ2) is 6.47. The molecule has 0 fully saturated rings. The molecule has 20 heavy (non-hydrogen) atoms. The zero-order chi connectivity index (χ0) is 15.4. The second-order valence-electron chi connectivity index (χ2n) is 5.16. The number of rotatable bonds is 5. The summed E-state index contributed by atoms with van der Waals surface area (Å²) in [5.74, 6) is -1.51. The first-order valence-electron chi connectivity index (χ1n) is 6.37. The highest BCUT2D eigenvalue weighted by Gasteiger charge is 2.16. The molecule has 0 radical (unpaired) electrons. The average molecular weight is 281 g/mol. The molecule has 1 rings (SSSR count). The number of halogens is 1. The molecule has 1 aromatic rings. The molecule has 0 spiro atoms. The molecule has 0 aromatic heterocycles. The summed E-state index contributed by atoms with van der Waals surface area (Å²) in [4.78, 5) is 22.9. The Morgan fingerprint density at radius 3 is 2.45 bits per heavy atom. The Kier molecular flexibility index (Phi) is 5.21. The van der Waals surface area contributed by atoms with Crippen LogP contribution in [0.2, 0.25) is 0 Å². The van der Waals surface area contributed by atoms with E-state index in [4.69, 9.17) is 11.5 Å². The van der Waals surface area contributed by atoms with Crippen molar-refractivity contribution in [3.63, 3.8) is 0 Å². The lowest BCUT2D eigenvalue weighted by atomic mass is 10.0. The van der Waals surface area contributed by atoms with Gasteiger partial charge in [-0.3, -0.25) is 9.59 Å². The smallest absolute Gasteiger partial charge is 0.248 e. The van der Waals surface area contributed by atoms with Gasteiger partial charge < -0.3 is 16.8 Å². The minimum Gasteiger partial charge on any atom is -0.366 e. The summed E-state index contributed by atoms with van der Waals surface area (Å²) in [5.41, 5.74) is 11.4. The van der Waals surface area contributed by atoms with Gasteiger partial charge in [0.05, 0.1) is 0 Å². The number of nitrogens with two attached hydrogens (primary N) is 2. The number of primary amides is 1. The molecule has 110 valence electrons. The van der Waals surface area contributed by atoms with Crippen LogP contribution >= 0.6 is 0 Å². The molecule has 6 heteroatoms. The SMILES string of the molecule is Cc1c(F)cc(C(N)=O)cc1NC(=O)CC(N)C(C)C. The van der Waals surface area contributed by atoms with Crippen LogP contribution in [0.5, 0.6) is 0 Å². The highest BCUT2D eigenvalue weighted by Crippen LogP contribution is 2.21. The van der Waals surface area contributed by atoms with E-state index in [0.29, 0.717) is 0 Å². The molecule has 5 N–H and O–H groups in total. The predicted octanol–water partition coefficient (Wildman–Crippen LogP) is 1.54. The van der Waals surface area contributed by atoms with Crippen molar-refractivity contribution >= 4 is 17.5 Å². The first kappa shape index (κ1) is 16.1. The van der Waals surface area contributed by atoms with Crippen LogP contribution in [-0.4, -0.2) is 17.9 Å². The lowest BCUT2D eigenvalue weighted by Crippen LogP contribution is -2.31. The topological polar surface area (TPSA) is 98.2 Å². The van der Waals surface area contributed by atoms with Crippen molar-refractivity contribution in [1.82, 2.24) is 0 Å². The third-order valence-corrected chi connectivity index (χ3v) is 3.18. The fourth-order valence-corrected chi connectivity index (χ4v) is 1.60. The number of hydrogen-bond acceptors (Lipinski definition) is 3. The highest BCUT2D eigenvalue weighted by atomic mass is 19.1. The number of nitrogens with one attached hydrogen (secondary N) is 1. The largest absolute Gasteiger partial charge is 0.366 e. The monoisotopic (exact) mass is 281 g/mol. The molecule has 1 unspecified atom stereocenters. The van der Waals surface area contributed by atoms with Crippen LogP contribution in [0, 0.1) is 18.7 Å². The fraction of sp³-hybridized carbons (Fsp3) is 0.429. The van der Waals surface area contributed by atoms with Crippen molar-refractivity contribution < 1.29 is 14.0 Å². The maximum atomic E-state index is 13.7. The van der Waals surface area contributed by atoms with E-state index in [0.717, 1.165) is 6.07 Å². The van der Waals surface area contributed by atoms with Gasteiger partial charge in [0, 0.05) is 29.3 Å². The van der Waals surface area contributed by atoms with E-state index in [1.54, 1.807) is 0 Å². The van der Waals surface area contributed by atoms with Crippen LogP contribution in [0.15, 0.2) is 12.1 Å². The summed E-state index contributed by atoms with van der Waals surface area (Å²) in [5, 5.41) is 2.57. The number of carbonyl (C=O) groups is 2. The number of amides is 2. The zero-order valence-corrected chi connectivity index (χ0v) is 11.9. The predicted molar refractivity (Wildman–Crippen MR) is 75.7 cm³/mol. The quantitative estimate of drug-likeness (QED) is 0.763. The van der Waals surface area contributed by atoms with Crippen molar-refractivity contribution in [3.05, 3.63) is 29.1 Å². The number of carbonyl (C=O) groups excluding carboxylic acids is 2. The number of benzene rings is 1. The van der Waals surface area contributed by atoms with E-state index in [9.17, 15) is 14.0 Å². The number of anilines is 1. The van der Waals surface area contributed by atoms with Gasteiger partial charge >= 0.3 is 0 Å². The van der Waals surface area contributed by atoms with Gasteiger partial charge in [-0.25, -0.2) is 4.39 Å². The molecule has 2 amide bonds. The lowest BCUT2D eigenvalue weighted by molar-refractivity contribution is -0.116. The molecule has 0 aliphatic heterocycles. The van der Waals surface area contributed by atoms with E-state index < -0.39 is 11.7 Å². The molecule has 0 saturated carbocycles. The molecule has 0 bridgehead atoms. The van der Waals surface area contributed by atoms with Crippen molar-refractivity contribution in [2.45, 2.75) is 33.2 Å². The molecule has 1 atom stereocenters. The Balaban J connectivity index is 2.92. The lowest BCUT2D eigenvalue weighted by Gasteiger charge is -2.16. The van der Waals surface area contributed by atoms with Gasteiger partial charge in [-0.05, 0) is 25.0 Å². The van der Waals surface area contributed by atoms with Crippen molar-refractivity contribution in [2.75, 3.05) is 5.32 Å². The highest BCUT2D eigenvalue weighted by molar-refractivity contribution is 5.97. The van der Waals surface area contributed by atoms with Crippen molar-refractivity contribution in [3.8, 4) is 0 Å². The van der Waals surface area contributed by atoms with Gasteiger partial charge in [0.25, 0.3) is 0 Å². The average Bonchev–Trinajstić information content (AvgIpc) is 2.34. The molecule has 0 aliphatic carbocycles. The molecule has 0 aliphatic rings. The van der Waals surface area contributed by atoms with E-state index >= 15 is 0 Å². The Labute approximate surface area is 117 Å². The summed E-state index contributed by atoms with van der Waals surface area (Å²) >= 11 is 0. The summed E-state index contributed by atoms with van der Waals surface area (Å²) < 4.78 is 13.7. The van der Waals surface area contributed by atoms with Gasteiger partial charge in [0.1, 0.15) is 5.82 Å². The second-order valence-corrected chi connectivity index (χ2v) is 5.16. The van der Waals surface area contributed by atoms with Crippen LogP contribution in [0.25, 0.3) is 0 Å². The maximum absolute atomic E-state index is 13.7. The molecule has 1 aromatic carbocycles. The van der Waals surface area contributed by atoms with Gasteiger partial charge in [-0.2, -0.15) is 0 Å². The minimum absolute atomic E-state index is 0.0107. The van der Waals surface area contributed by atoms with Gasteiger partial charge in [0.2, 0.25) is 11.8 Å². The molecular formula is C14H20FN3O2. The van der Waals surface area contributed by atoms with E-state index in [-0.39, 0.29) is 41.1 Å². The first-order valence-corrected chi connectivity index (χ1v) is 6.37. The van der Waals surface area contributed by atoms with Gasteiger partial charge in [-0.1, -0.05) is 13.8 Å². The Morgan fingerprint density at radius 1 is 1.35 bits per heavy atom. The van der Waals surface area contributed by atoms with E-state index in [1.165, 1.54) is 13.0 Å². The summed E-state index contributed by atoms with van der Waals surface area (Å²) in [6.07, 6.45) is 0.125. The Hall–Kier alpha value is -1.95. The van der Waals surface area contributed by atoms with Crippen LogP contribution < -0.4 is 16.8 Å². The summed E-state index contributed by atoms with van der Waals surface area (Å²) in [6, 6.07) is 2.13. The first-order chi connectivity index (χ1) is 9.22. The summed E-state index contributed by atoms with van der Waals surface area (Å²) in [7, 11) is 0. The summed E-state index contributed by atoms with van der Waals surface area (Å²) in [6.45, 7) is 5.34. The van der Waals surface area contributed by atoms with Crippen molar-refractivity contribution in [2.24, 2.45) is 17.4 Å². The van der Waals surface area contributed by atoms with Gasteiger partial charge in [0.15, 0.2) is 0 Å². The zero-order valence-electron chi connectivity index (χ0n) is 11.9. The minimum atomic E-state index is -0.752. The normalized spacial score (nSPS) is 12.3. The van der Waals surface area contributed by atoms with E-state index in [1.807, 2.05) is 13.8 Å². The van der Waals surface area contributed by atoms with Crippen LogP contribution in [0.3, 0.4) is 0 Å². The fourth-order valence-electron chi connectivity index (χ4n) is 1.60. The van der Waals surface area contributed by atoms with Crippen LogP contribution in [0.4, 0.5) is 10.1 Å². The Bertz CT molecular complexity index is 529. The third-order valence-electron chi connectivity index (χ3n) is 3.18. The standard InChI is InChI=1S/C14H20FN3O2/c1-7(2)11(16)6-13(19)18-12-5-9(14(17)20)4-10(15)8(12)3/h4-5,7,11H,6,16H2,1-3H3,(H2,17,20)(H,18,19).